The van der Waals surface area contributed by atoms with Gasteiger partial charge < -0.3 is 14.6 Å². The van der Waals surface area contributed by atoms with Crippen LogP contribution in [0, 0.1) is 0 Å². The lowest BCUT2D eigenvalue weighted by molar-refractivity contribution is -0.0756. The van der Waals surface area contributed by atoms with Gasteiger partial charge in [-0.3, -0.25) is 4.90 Å². The van der Waals surface area contributed by atoms with E-state index in [1.54, 1.807) is 4.90 Å². The molecule has 2 atom stereocenters. The third-order valence-electron chi connectivity index (χ3n) is 3.00. The van der Waals surface area contributed by atoms with E-state index in [0.29, 0.717) is 19.6 Å². The maximum absolute atomic E-state index is 11.9. The van der Waals surface area contributed by atoms with E-state index >= 15 is 0 Å². The molecule has 0 aliphatic carbocycles. The number of ether oxygens (including phenoxy) is 2. The highest BCUT2D eigenvalue weighted by Crippen LogP contribution is 2.37. The van der Waals surface area contributed by atoms with Gasteiger partial charge in [-0.2, -0.15) is 0 Å². The minimum atomic E-state index is -0.540. The van der Waals surface area contributed by atoms with Gasteiger partial charge in [0.05, 0.1) is 25.8 Å². The highest BCUT2D eigenvalue weighted by atomic mass is 16.6. The first-order chi connectivity index (χ1) is 7.35. The van der Waals surface area contributed by atoms with Gasteiger partial charge in [0.25, 0.3) is 0 Å². The molecule has 5 nitrogen and oxygen atoms in total. The first-order valence-corrected chi connectivity index (χ1v) is 5.60. The van der Waals surface area contributed by atoms with E-state index in [1.165, 1.54) is 0 Å². The van der Waals surface area contributed by atoms with E-state index < -0.39 is 11.2 Å². The fourth-order valence-electron chi connectivity index (χ4n) is 2.26. The minimum absolute atomic E-state index is 0.0389. The molecule has 0 aromatic rings. The van der Waals surface area contributed by atoms with Crippen LogP contribution in [-0.2, 0) is 9.47 Å². The zero-order valence-electron chi connectivity index (χ0n) is 10.0. The lowest BCUT2D eigenvalue weighted by atomic mass is 10.1. The van der Waals surface area contributed by atoms with Crippen LogP contribution in [0.25, 0.3) is 0 Å². The van der Waals surface area contributed by atoms with Gasteiger partial charge in [-0.15, -0.1) is 0 Å². The van der Waals surface area contributed by atoms with Gasteiger partial charge in [0.1, 0.15) is 11.2 Å². The fourth-order valence-corrected chi connectivity index (χ4v) is 2.26. The van der Waals surface area contributed by atoms with Crippen molar-refractivity contribution in [3.8, 4) is 0 Å². The maximum Gasteiger partial charge on any atom is 0.410 e. The van der Waals surface area contributed by atoms with Crippen LogP contribution in [0.2, 0.25) is 0 Å². The molecule has 2 rings (SSSR count). The van der Waals surface area contributed by atoms with E-state index in [9.17, 15) is 9.90 Å². The van der Waals surface area contributed by atoms with Crippen molar-refractivity contribution < 1.29 is 19.4 Å². The Morgan fingerprint density at radius 3 is 2.81 bits per heavy atom. The van der Waals surface area contributed by atoms with Gasteiger partial charge in [0, 0.05) is 6.42 Å². The molecule has 0 aromatic carbocycles. The third kappa shape index (κ3) is 2.01. The Bertz CT molecular complexity index is 299. The summed E-state index contributed by atoms with van der Waals surface area (Å²) in [5, 5.41) is 9.27. The summed E-state index contributed by atoms with van der Waals surface area (Å²) in [6.07, 6.45) is 0.402. The Morgan fingerprint density at radius 1 is 1.62 bits per heavy atom. The highest BCUT2D eigenvalue weighted by molar-refractivity contribution is 5.69. The Kier molecular flexibility index (Phi) is 2.62. The number of carbonyl (C=O) groups excluding carboxylic acids is 1. The van der Waals surface area contributed by atoms with E-state index in [2.05, 4.69) is 0 Å². The molecule has 2 fully saturated rings. The van der Waals surface area contributed by atoms with E-state index in [0.717, 1.165) is 0 Å². The minimum Gasteiger partial charge on any atom is -0.444 e. The molecule has 16 heavy (non-hydrogen) atoms. The molecule has 2 aliphatic rings. The molecular weight excluding hydrogens is 210 g/mol. The number of amides is 1. The number of aliphatic hydroxyl groups excluding tert-OH is 1. The predicted molar refractivity (Wildman–Crippen MR) is 57.1 cm³/mol. The quantitative estimate of drug-likeness (QED) is 0.721. The number of morpholine rings is 1. The lowest BCUT2D eigenvalue weighted by Crippen LogP contribution is -2.48. The van der Waals surface area contributed by atoms with E-state index in [1.807, 2.05) is 20.8 Å². The van der Waals surface area contributed by atoms with Gasteiger partial charge >= 0.3 is 6.09 Å². The molecule has 0 saturated carbocycles. The first kappa shape index (κ1) is 11.7. The second-order valence-electron chi connectivity index (χ2n) is 5.62. The van der Waals surface area contributed by atoms with Crippen LogP contribution in [-0.4, -0.2) is 53.1 Å². The number of hydrogen-bond donors (Lipinski definition) is 1. The fraction of sp³-hybridized carbons (Fsp3) is 0.909. The number of aliphatic hydroxyl groups is 1. The van der Waals surface area contributed by atoms with Crippen molar-refractivity contribution in [1.82, 2.24) is 4.90 Å². The predicted octanol–water partition coefficient (Wildman–Crippen LogP) is 0.757. The molecule has 1 unspecified atom stereocenters. The summed E-state index contributed by atoms with van der Waals surface area (Å²) < 4.78 is 10.8. The summed E-state index contributed by atoms with van der Waals surface area (Å²) in [7, 11) is 0. The molecule has 0 spiro atoms. The molecule has 0 aromatic heterocycles. The average Bonchev–Trinajstić information content (AvgIpc) is 2.72. The summed E-state index contributed by atoms with van der Waals surface area (Å²) in [6.45, 7) is 6.43. The molecule has 2 heterocycles. The molecule has 2 saturated heterocycles. The van der Waals surface area contributed by atoms with E-state index in [-0.39, 0.29) is 18.7 Å². The van der Waals surface area contributed by atoms with E-state index in [4.69, 9.17) is 9.47 Å². The maximum atomic E-state index is 11.9. The van der Waals surface area contributed by atoms with Gasteiger partial charge in [-0.1, -0.05) is 0 Å². The van der Waals surface area contributed by atoms with Crippen molar-refractivity contribution in [3.63, 3.8) is 0 Å². The van der Waals surface area contributed by atoms with Gasteiger partial charge in [-0.25, -0.2) is 4.79 Å². The Hall–Kier alpha value is -0.810. The summed E-state index contributed by atoms with van der Waals surface area (Å²) in [6, 6.07) is 0.0574. The number of rotatable bonds is 1. The number of fused-ring (bicyclic) bond motifs is 2. The van der Waals surface area contributed by atoms with Crippen LogP contribution in [0.1, 0.15) is 27.2 Å². The Balaban J connectivity index is 2.01. The number of carbonyl (C=O) groups is 1. The van der Waals surface area contributed by atoms with Crippen molar-refractivity contribution >= 4 is 6.09 Å². The topological polar surface area (TPSA) is 59.0 Å². The SMILES string of the molecule is CC(C)(C)OC(=O)N1C[C@]2(CO)CC1CO2. The molecular formula is C11H19NO4. The van der Waals surface area contributed by atoms with Crippen molar-refractivity contribution in [2.24, 2.45) is 0 Å². The standard InChI is InChI=1S/C11H19NO4/c1-10(2,3)16-9(14)12-6-11(7-13)4-8(12)5-15-11/h8,13H,4-7H2,1-3H3/t8?,11-/m0/s1. The molecule has 5 heteroatoms. The zero-order valence-corrected chi connectivity index (χ0v) is 10.0. The average molecular weight is 229 g/mol. The van der Waals surface area contributed by atoms with Gasteiger partial charge in [-0.05, 0) is 20.8 Å². The number of nitrogens with zero attached hydrogens (tertiary/aromatic N) is 1. The molecule has 1 amide bonds. The second-order valence-corrected chi connectivity index (χ2v) is 5.62. The number of likely N-dealkylation sites (tertiary alicyclic amines) is 1. The van der Waals surface area contributed by atoms with Gasteiger partial charge in [0.2, 0.25) is 0 Å². The zero-order chi connectivity index (χ0) is 12.0. The normalized spacial score (nSPS) is 33.2. The van der Waals surface area contributed by atoms with Crippen LogP contribution < -0.4 is 0 Å². The first-order valence-electron chi connectivity index (χ1n) is 5.60. The Morgan fingerprint density at radius 2 is 2.31 bits per heavy atom. The van der Waals surface area contributed by atoms with Crippen molar-refractivity contribution in [1.29, 1.82) is 0 Å². The largest absolute Gasteiger partial charge is 0.444 e. The molecule has 92 valence electrons. The van der Waals surface area contributed by atoms with Crippen molar-refractivity contribution in [2.75, 3.05) is 19.8 Å². The van der Waals surface area contributed by atoms with Crippen LogP contribution >= 0.6 is 0 Å². The summed E-state index contributed by atoms with van der Waals surface area (Å²) in [4.78, 5) is 13.5. The summed E-state index contributed by atoms with van der Waals surface area (Å²) in [5.41, 5.74) is -1.02. The van der Waals surface area contributed by atoms with Crippen molar-refractivity contribution in [3.05, 3.63) is 0 Å². The number of hydrogen-bond acceptors (Lipinski definition) is 4. The summed E-state index contributed by atoms with van der Waals surface area (Å²) in [5.74, 6) is 0. The lowest BCUT2D eigenvalue weighted by Gasteiger charge is -2.33. The second kappa shape index (κ2) is 3.60. The Labute approximate surface area is 95.3 Å². The molecule has 2 bridgehead atoms. The van der Waals surface area contributed by atoms with Crippen LogP contribution in [0.5, 0.6) is 0 Å². The monoisotopic (exact) mass is 229 g/mol. The smallest absolute Gasteiger partial charge is 0.410 e. The van der Waals surface area contributed by atoms with Gasteiger partial charge in [0.15, 0.2) is 0 Å². The van der Waals surface area contributed by atoms with Crippen LogP contribution in [0.15, 0.2) is 0 Å². The summed E-state index contributed by atoms with van der Waals surface area (Å²) >= 11 is 0. The molecule has 1 N–H and O–H groups in total. The highest BCUT2D eigenvalue weighted by Gasteiger charge is 2.53. The molecule has 0 radical (unpaired) electrons. The van der Waals surface area contributed by atoms with Crippen LogP contribution in [0.3, 0.4) is 0 Å². The van der Waals surface area contributed by atoms with Crippen LogP contribution in [0.4, 0.5) is 4.79 Å². The molecule has 2 aliphatic heterocycles. The van der Waals surface area contributed by atoms with Crippen molar-refractivity contribution in [2.45, 2.75) is 44.4 Å². The third-order valence-corrected chi connectivity index (χ3v) is 3.00.